The van der Waals surface area contributed by atoms with Crippen molar-refractivity contribution in [1.29, 1.82) is 0 Å². The Morgan fingerprint density at radius 3 is 2.89 bits per heavy atom. The van der Waals surface area contributed by atoms with Crippen LogP contribution in [0.3, 0.4) is 0 Å². The van der Waals surface area contributed by atoms with Crippen molar-refractivity contribution in [3.8, 4) is 11.3 Å². The zero-order chi connectivity index (χ0) is 13.2. The lowest BCUT2D eigenvalue weighted by molar-refractivity contribution is 0.368. The number of hydrogen-bond acceptors (Lipinski definition) is 6. The summed E-state index contributed by atoms with van der Waals surface area (Å²) in [5, 5.41) is 3.76. The molecule has 96 valence electrons. The number of pyridine rings is 1. The molecule has 0 fully saturated rings. The third-order valence-corrected chi connectivity index (χ3v) is 2.67. The fraction of sp³-hybridized carbons (Fsp3) is 0.167. The van der Waals surface area contributed by atoms with Gasteiger partial charge in [0.05, 0.1) is 18.2 Å². The maximum Gasteiger partial charge on any atom is 0.246 e. The number of anilines is 1. The molecular formula is C12H12N6O. The number of hydrogen-bond donors (Lipinski definition) is 1. The predicted molar refractivity (Wildman–Crippen MR) is 68.0 cm³/mol. The van der Waals surface area contributed by atoms with Gasteiger partial charge in [0.2, 0.25) is 5.89 Å². The minimum atomic E-state index is 0.473. The van der Waals surface area contributed by atoms with Crippen LogP contribution in [0.1, 0.15) is 11.7 Å². The van der Waals surface area contributed by atoms with Crippen LogP contribution in [0.15, 0.2) is 35.4 Å². The zero-order valence-electron chi connectivity index (χ0n) is 10.3. The summed E-state index contributed by atoms with van der Waals surface area (Å²) in [5.74, 6) is 1.65. The minimum absolute atomic E-state index is 0.473. The standard InChI is InChI=1S/C12H12N6O/c1-8-16-12(19-17-8)6-18-7-14-5-10(18)9-2-3-11(13)15-4-9/h2-5,7H,6H2,1H3,(H2,13,15). The molecule has 3 heterocycles. The summed E-state index contributed by atoms with van der Waals surface area (Å²) in [6.07, 6.45) is 5.18. The molecule has 0 atom stereocenters. The number of aryl methyl sites for hydroxylation is 1. The average molecular weight is 256 g/mol. The Kier molecular flexibility index (Phi) is 2.71. The van der Waals surface area contributed by atoms with Crippen LogP contribution in [0.2, 0.25) is 0 Å². The third kappa shape index (κ3) is 2.30. The summed E-state index contributed by atoms with van der Waals surface area (Å²) in [4.78, 5) is 12.4. The van der Waals surface area contributed by atoms with Crippen LogP contribution in [0.4, 0.5) is 5.82 Å². The molecule has 0 aliphatic heterocycles. The Morgan fingerprint density at radius 2 is 2.21 bits per heavy atom. The summed E-state index contributed by atoms with van der Waals surface area (Å²) in [6.45, 7) is 2.26. The van der Waals surface area contributed by atoms with E-state index in [-0.39, 0.29) is 0 Å². The predicted octanol–water partition coefficient (Wildman–Crippen LogP) is 1.27. The number of nitrogens with two attached hydrogens (primary N) is 1. The van der Waals surface area contributed by atoms with Crippen molar-refractivity contribution in [2.75, 3.05) is 5.73 Å². The van der Waals surface area contributed by atoms with E-state index in [0.717, 1.165) is 11.3 Å². The van der Waals surface area contributed by atoms with Gasteiger partial charge in [-0.2, -0.15) is 4.98 Å². The maximum atomic E-state index is 5.58. The highest BCUT2D eigenvalue weighted by molar-refractivity contribution is 5.59. The highest BCUT2D eigenvalue weighted by Crippen LogP contribution is 2.19. The monoisotopic (exact) mass is 256 g/mol. The molecule has 2 N–H and O–H groups in total. The third-order valence-electron chi connectivity index (χ3n) is 2.67. The molecule has 0 radical (unpaired) electrons. The van der Waals surface area contributed by atoms with Crippen LogP contribution in [-0.2, 0) is 6.54 Å². The molecule has 3 rings (SSSR count). The molecule has 0 spiro atoms. The molecule has 0 bridgehead atoms. The number of aromatic nitrogens is 5. The summed E-state index contributed by atoms with van der Waals surface area (Å²) in [6, 6.07) is 3.65. The summed E-state index contributed by atoms with van der Waals surface area (Å²) in [5.41, 5.74) is 7.43. The quantitative estimate of drug-likeness (QED) is 0.758. The van der Waals surface area contributed by atoms with Gasteiger partial charge in [-0.15, -0.1) is 0 Å². The summed E-state index contributed by atoms with van der Waals surface area (Å²) in [7, 11) is 0. The average Bonchev–Trinajstić information content (AvgIpc) is 3.00. The molecule has 0 aromatic carbocycles. The molecule has 19 heavy (non-hydrogen) atoms. The maximum absolute atomic E-state index is 5.58. The van der Waals surface area contributed by atoms with Gasteiger partial charge < -0.3 is 14.8 Å². The Hall–Kier alpha value is -2.70. The first-order valence-corrected chi connectivity index (χ1v) is 5.73. The molecular weight excluding hydrogens is 244 g/mol. The van der Waals surface area contributed by atoms with Crippen molar-refractivity contribution in [2.45, 2.75) is 13.5 Å². The van der Waals surface area contributed by atoms with E-state index < -0.39 is 0 Å². The molecule has 0 aliphatic carbocycles. The van der Waals surface area contributed by atoms with E-state index in [1.54, 1.807) is 31.7 Å². The summed E-state index contributed by atoms with van der Waals surface area (Å²) < 4.78 is 7.02. The zero-order valence-corrected chi connectivity index (χ0v) is 10.3. The van der Waals surface area contributed by atoms with E-state index in [2.05, 4.69) is 20.1 Å². The van der Waals surface area contributed by atoms with Crippen LogP contribution in [-0.4, -0.2) is 24.7 Å². The van der Waals surface area contributed by atoms with Gasteiger partial charge in [0.25, 0.3) is 0 Å². The van der Waals surface area contributed by atoms with E-state index in [1.165, 1.54) is 0 Å². The smallest absolute Gasteiger partial charge is 0.246 e. The number of nitrogens with zero attached hydrogens (tertiary/aromatic N) is 5. The van der Waals surface area contributed by atoms with Crippen LogP contribution in [0, 0.1) is 6.92 Å². The Morgan fingerprint density at radius 1 is 1.32 bits per heavy atom. The second kappa shape index (κ2) is 4.52. The second-order valence-corrected chi connectivity index (χ2v) is 4.11. The number of imidazole rings is 1. The first-order valence-electron chi connectivity index (χ1n) is 5.73. The lowest BCUT2D eigenvalue weighted by Crippen LogP contribution is -2.01. The van der Waals surface area contributed by atoms with Gasteiger partial charge in [0.1, 0.15) is 12.4 Å². The lowest BCUT2D eigenvalue weighted by Gasteiger charge is -2.05. The van der Waals surface area contributed by atoms with Crippen LogP contribution >= 0.6 is 0 Å². The molecule has 0 saturated heterocycles. The van der Waals surface area contributed by atoms with Gasteiger partial charge in [-0.25, -0.2) is 9.97 Å². The lowest BCUT2D eigenvalue weighted by atomic mass is 10.2. The van der Waals surface area contributed by atoms with Crippen molar-refractivity contribution in [3.63, 3.8) is 0 Å². The molecule has 3 aromatic rings. The second-order valence-electron chi connectivity index (χ2n) is 4.11. The molecule has 0 aliphatic rings. The largest absolute Gasteiger partial charge is 0.384 e. The highest BCUT2D eigenvalue weighted by Gasteiger charge is 2.09. The van der Waals surface area contributed by atoms with Crippen LogP contribution < -0.4 is 5.73 Å². The Bertz CT molecular complexity index is 684. The first-order chi connectivity index (χ1) is 9.22. The molecule has 7 heteroatoms. The van der Waals surface area contributed by atoms with E-state index in [9.17, 15) is 0 Å². The van der Waals surface area contributed by atoms with Gasteiger partial charge in [0, 0.05) is 11.8 Å². The van der Waals surface area contributed by atoms with Crippen molar-refractivity contribution in [3.05, 3.63) is 42.6 Å². The van der Waals surface area contributed by atoms with Crippen LogP contribution in [0.5, 0.6) is 0 Å². The normalized spacial score (nSPS) is 10.8. The van der Waals surface area contributed by atoms with Crippen molar-refractivity contribution < 1.29 is 4.52 Å². The van der Waals surface area contributed by atoms with Gasteiger partial charge in [-0.05, 0) is 19.1 Å². The van der Waals surface area contributed by atoms with E-state index in [1.807, 2.05) is 10.6 Å². The van der Waals surface area contributed by atoms with E-state index >= 15 is 0 Å². The highest BCUT2D eigenvalue weighted by atomic mass is 16.5. The van der Waals surface area contributed by atoms with Gasteiger partial charge in [-0.1, -0.05) is 5.16 Å². The van der Waals surface area contributed by atoms with Crippen LogP contribution in [0.25, 0.3) is 11.3 Å². The molecule has 0 saturated carbocycles. The topological polar surface area (TPSA) is 95.7 Å². The first kappa shape index (κ1) is 11.4. The Labute approximate surface area is 109 Å². The van der Waals surface area contributed by atoms with Gasteiger partial charge in [0.15, 0.2) is 5.82 Å². The fourth-order valence-electron chi connectivity index (χ4n) is 1.79. The van der Waals surface area contributed by atoms with Gasteiger partial charge >= 0.3 is 0 Å². The summed E-state index contributed by atoms with van der Waals surface area (Å²) >= 11 is 0. The molecule has 3 aromatic heterocycles. The van der Waals surface area contributed by atoms with Crippen molar-refractivity contribution in [2.24, 2.45) is 0 Å². The van der Waals surface area contributed by atoms with E-state index in [4.69, 9.17) is 10.3 Å². The molecule has 0 unspecified atom stereocenters. The fourth-order valence-corrected chi connectivity index (χ4v) is 1.79. The SMILES string of the molecule is Cc1noc(Cn2cncc2-c2ccc(N)nc2)n1. The minimum Gasteiger partial charge on any atom is -0.384 e. The van der Waals surface area contributed by atoms with Crippen molar-refractivity contribution >= 4 is 5.82 Å². The molecule has 0 amide bonds. The number of nitrogen functional groups attached to an aromatic ring is 1. The Balaban J connectivity index is 1.92. The van der Waals surface area contributed by atoms with Crippen molar-refractivity contribution in [1.82, 2.24) is 24.7 Å². The molecule has 7 nitrogen and oxygen atoms in total. The van der Waals surface area contributed by atoms with E-state index in [0.29, 0.717) is 24.1 Å². The number of rotatable bonds is 3. The van der Waals surface area contributed by atoms with Gasteiger partial charge in [-0.3, -0.25) is 0 Å².